The summed E-state index contributed by atoms with van der Waals surface area (Å²) in [5.74, 6) is 2.30. The topological polar surface area (TPSA) is 58.2 Å². The van der Waals surface area contributed by atoms with Gasteiger partial charge in [-0.3, -0.25) is 9.59 Å². The van der Waals surface area contributed by atoms with E-state index in [1.165, 1.54) is 19.3 Å². The van der Waals surface area contributed by atoms with E-state index in [9.17, 15) is 9.59 Å². The van der Waals surface area contributed by atoms with Crippen LogP contribution in [0, 0.1) is 37.0 Å². The quantitative estimate of drug-likeness (QED) is 0.688. The van der Waals surface area contributed by atoms with Crippen molar-refractivity contribution in [2.75, 3.05) is 10.6 Å². The van der Waals surface area contributed by atoms with Crippen molar-refractivity contribution >= 4 is 23.2 Å². The van der Waals surface area contributed by atoms with Crippen LogP contribution in [0.4, 0.5) is 11.4 Å². The van der Waals surface area contributed by atoms with Crippen LogP contribution in [0.5, 0.6) is 0 Å². The second kappa shape index (κ2) is 7.26. The summed E-state index contributed by atoms with van der Waals surface area (Å²) >= 11 is 0. The van der Waals surface area contributed by atoms with E-state index in [4.69, 9.17) is 0 Å². The molecular formula is C26H30N2O2. The number of carbonyl (C=O) groups is 2. The highest BCUT2D eigenvalue weighted by molar-refractivity contribution is 6.05. The fraction of sp³-hybridized carbons (Fsp3) is 0.462. The second-order valence-electron chi connectivity index (χ2n) is 9.93. The summed E-state index contributed by atoms with van der Waals surface area (Å²) in [6.45, 7) is 4.04. The van der Waals surface area contributed by atoms with Crippen LogP contribution >= 0.6 is 0 Å². The fourth-order valence-corrected chi connectivity index (χ4v) is 6.44. The molecule has 0 saturated heterocycles. The first kappa shape index (κ1) is 19.3. The summed E-state index contributed by atoms with van der Waals surface area (Å²) in [5, 5.41) is 6.15. The van der Waals surface area contributed by atoms with Gasteiger partial charge in [0.1, 0.15) is 0 Å². The van der Waals surface area contributed by atoms with Crippen LogP contribution < -0.4 is 10.6 Å². The highest BCUT2D eigenvalue weighted by Crippen LogP contribution is 2.60. The number of hydrogen-bond donors (Lipinski definition) is 2. The van der Waals surface area contributed by atoms with Gasteiger partial charge in [0.05, 0.1) is 5.41 Å². The van der Waals surface area contributed by atoms with Crippen molar-refractivity contribution in [3.05, 3.63) is 59.2 Å². The van der Waals surface area contributed by atoms with Crippen molar-refractivity contribution < 1.29 is 9.59 Å². The Labute approximate surface area is 178 Å². The second-order valence-corrected chi connectivity index (χ2v) is 9.93. The van der Waals surface area contributed by atoms with Crippen LogP contribution in [-0.2, 0) is 4.79 Å². The Morgan fingerprint density at radius 3 is 2.03 bits per heavy atom. The smallest absolute Gasteiger partial charge is 0.255 e. The molecule has 0 heterocycles. The molecular weight excluding hydrogens is 372 g/mol. The van der Waals surface area contributed by atoms with E-state index in [2.05, 4.69) is 10.6 Å². The predicted octanol–water partition coefficient (Wildman–Crippen LogP) is 5.71. The molecule has 4 saturated carbocycles. The minimum atomic E-state index is -0.159. The molecule has 0 spiro atoms. The standard InChI is InChI=1S/C26H30N2O2/c1-16-4-3-5-23(17(16)2)28-24(29)21-6-8-22(9-7-21)27-25(30)26-13-18-10-19(14-26)12-20(11-18)15-26/h3-9,18-20H,10-15H2,1-2H3,(H,27,30)(H,28,29). The third-order valence-electron chi connectivity index (χ3n) is 7.78. The molecule has 4 aliphatic carbocycles. The van der Waals surface area contributed by atoms with E-state index in [1.807, 2.05) is 44.2 Å². The average Bonchev–Trinajstić information content (AvgIpc) is 2.71. The zero-order valence-electron chi connectivity index (χ0n) is 17.8. The average molecular weight is 403 g/mol. The Morgan fingerprint density at radius 1 is 0.833 bits per heavy atom. The lowest BCUT2D eigenvalue weighted by atomic mass is 9.49. The number of rotatable bonds is 4. The van der Waals surface area contributed by atoms with Crippen LogP contribution in [0.1, 0.15) is 60.0 Å². The first-order chi connectivity index (χ1) is 14.4. The lowest BCUT2D eigenvalue weighted by Gasteiger charge is -2.55. The molecule has 2 aromatic rings. The molecule has 0 unspecified atom stereocenters. The van der Waals surface area contributed by atoms with E-state index < -0.39 is 0 Å². The maximum Gasteiger partial charge on any atom is 0.255 e. The molecule has 0 aromatic heterocycles. The van der Waals surface area contributed by atoms with Crippen molar-refractivity contribution in [3.63, 3.8) is 0 Å². The minimum Gasteiger partial charge on any atom is -0.326 e. The Bertz CT molecular complexity index is 957. The van der Waals surface area contributed by atoms with Crippen LogP contribution in [0.25, 0.3) is 0 Å². The van der Waals surface area contributed by atoms with Crippen LogP contribution in [0.15, 0.2) is 42.5 Å². The zero-order chi connectivity index (χ0) is 20.9. The molecule has 6 rings (SSSR count). The van der Waals surface area contributed by atoms with Gasteiger partial charge in [0.15, 0.2) is 0 Å². The Balaban J connectivity index is 1.26. The van der Waals surface area contributed by atoms with Gasteiger partial charge >= 0.3 is 0 Å². The minimum absolute atomic E-state index is 0.136. The molecule has 0 aliphatic heterocycles. The summed E-state index contributed by atoms with van der Waals surface area (Å²) in [5.41, 5.74) is 4.26. The van der Waals surface area contributed by atoms with Crippen LogP contribution in [-0.4, -0.2) is 11.8 Å². The maximum absolute atomic E-state index is 13.2. The third kappa shape index (κ3) is 3.42. The monoisotopic (exact) mass is 402 g/mol. The van der Waals surface area contributed by atoms with Gasteiger partial charge in [0, 0.05) is 16.9 Å². The van der Waals surface area contributed by atoms with Gasteiger partial charge < -0.3 is 10.6 Å². The Morgan fingerprint density at radius 2 is 1.43 bits per heavy atom. The number of aryl methyl sites for hydroxylation is 1. The van der Waals surface area contributed by atoms with E-state index in [0.717, 1.165) is 59.5 Å². The summed E-state index contributed by atoms with van der Waals surface area (Å²) in [6, 6.07) is 13.2. The van der Waals surface area contributed by atoms with Crippen molar-refractivity contribution in [2.24, 2.45) is 23.2 Å². The molecule has 2 aromatic carbocycles. The van der Waals surface area contributed by atoms with Gasteiger partial charge in [-0.15, -0.1) is 0 Å². The Kier molecular flexibility index (Phi) is 4.68. The first-order valence-corrected chi connectivity index (χ1v) is 11.2. The zero-order valence-corrected chi connectivity index (χ0v) is 17.8. The number of carbonyl (C=O) groups excluding carboxylic acids is 2. The number of hydrogen-bond acceptors (Lipinski definition) is 2. The molecule has 0 atom stereocenters. The van der Waals surface area contributed by atoms with Crippen molar-refractivity contribution in [3.8, 4) is 0 Å². The van der Waals surface area contributed by atoms with Crippen molar-refractivity contribution in [2.45, 2.75) is 52.4 Å². The molecule has 2 N–H and O–H groups in total. The van der Waals surface area contributed by atoms with E-state index in [1.54, 1.807) is 12.1 Å². The molecule has 4 heteroatoms. The molecule has 4 aliphatic rings. The summed E-state index contributed by atoms with van der Waals surface area (Å²) in [4.78, 5) is 25.8. The van der Waals surface area contributed by atoms with Gasteiger partial charge in [-0.05, 0) is 112 Å². The summed E-state index contributed by atoms with van der Waals surface area (Å²) < 4.78 is 0. The molecule has 0 radical (unpaired) electrons. The van der Waals surface area contributed by atoms with E-state index in [-0.39, 0.29) is 17.2 Å². The first-order valence-electron chi connectivity index (χ1n) is 11.2. The van der Waals surface area contributed by atoms with Gasteiger partial charge in [-0.2, -0.15) is 0 Å². The van der Waals surface area contributed by atoms with Crippen LogP contribution in [0.3, 0.4) is 0 Å². The van der Waals surface area contributed by atoms with Gasteiger partial charge in [0.25, 0.3) is 5.91 Å². The maximum atomic E-state index is 13.2. The highest BCUT2D eigenvalue weighted by atomic mass is 16.2. The largest absolute Gasteiger partial charge is 0.326 e. The van der Waals surface area contributed by atoms with Gasteiger partial charge in [-0.1, -0.05) is 12.1 Å². The third-order valence-corrected chi connectivity index (χ3v) is 7.78. The fourth-order valence-electron chi connectivity index (χ4n) is 6.44. The number of amides is 2. The van der Waals surface area contributed by atoms with Crippen LogP contribution in [0.2, 0.25) is 0 Å². The van der Waals surface area contributed by atoms with Crippen molar-refractivity contribution in [1.82, 2.24) is 0 Å². The van der Waals surface area contributed by atoms with Gasteiger partial charge in [0.2, 0.25) is 5.91 Å². The van der Waals surface area contributed by atoms with E-state index in [0.29, 0.717) is 5.56 Å². The SMILES string of the molecule is Cc1cccc(NC(=O)c2ccc(NC(=O)C34CC5CC(CC(C5)C3)C4)cc2)c1C. The normalized spacial score (nSPS) is 28.9. The molecule has 2 amide bonds. The summed E-state index contributed by atoms with van der Waals surface area (Å²) in [7, 11) is 0. The number of benzene rings is 2. The predicted molar refractivity (Wildman–Crippen MR) is 120 cm³/mol. The number of nitrogens with one attached hydrogen (secondary N) is 2. The molecule has 4 fully saturated rings. The molecule has 30 heavy (non-hydrogen) atoms. The Hall–Kier alpha value is -2.62. The highest BCUT2D eigenvalue weighted by Gasteiger charge is 2.54. The molecule has 156 valence electrons. The lowest BCUT2D eigenvalue weighted by Crippen LogP contribution is -2.51. The summed E-state index contributed by atoms with van der Waals surface area (Å²) in [6.07, 6.45) is 7.16. The van der Waals surface area contributed by atoms with Gasteiger partial charge in [-0.25, -0.2) is 0 Å². The lowest BCUT2D eigenvalue weighted by molar-refractivity contribution is -0.140. The number of anilines is 2. The van der Waals surface area contributed by atoms with E-state index >= 15 is 0 Å². The molecule has 4 bridgehead atoms. The molecule has 4 nitrogen and oxygen atoms in total. The van der Waals surface area contributed by atoms with Crippen molar-refractivity contribution in [1.29, 1.82) is 0 Å².